The van der Waals surface area contributed by atoms with Crippen LogP contribution >= 0.6 is 0 Å². The molecule has 24 heavy (non-hydrogen) atoms. The van der Waals surface area contributed by atoms with E-state index in [1.165, 1.54) is 30.6 Å². The van der Waals surface area contributed by atoms with Gasteiger partial charge >= 0.3 is 12.1 Å². The number of aromatic carboxylic acids is 1. The van der Waals surface area contributed by atoms with Crippen LogP contribution in [0.3, 0.4) is 0 Å². The number of carbonyl (C=O) groups is 1. The quantitative estimate of drug-likeness (QED) is 0.753. The Kier molecular flexibility index (Phi) is 5.62. The van der Waals surface area contributed by atoms with Crippen LogP contribution in [0, 0.1) is 0 Å². The second-order valence-corrected chi connectivity index (χ2v) is 4.88. The average Bonchev–Trinajstić information content (AvgIpc) is 2.54. The van der Waals surface area contributed by atoms with E-state index >= 15 is 0 Å². The summed E-state index contributed by atoms with van der Waals surface area (Å²) in [6.07, 6.45) is -1.15. The monoisotopic (exact) mass is 340 g/mol. The first kappa shape index (κ1) is 17.6. The number of aromatic nitrogens is 1. The summed E-state index contributed by atoms with van der Waals surface area (Å²) in [7, 11) is 0. The van der Waals surface area contributed by atoms with Crippen LogP contribution < -0.4 is 10.1 Å². The van der Waals surface area contributed by atoms with E-state index in [4.69, 9.17) is 9.84 Å². The summed E-state index contributed by atoms with van der Waals surface area (Å²) in [5.41, 5.74) is -0.285. The fraction of sp³-hybridized carbons (Fsp3) is 0.250. The molecular formula is C16H15F3N2O3. The number of alkyl halides is 3. The van der Waals surface area contributed by atoms with E-state index in [1.807, 2.05) is 0 Å². The number of anilines is 1. The van der Waals surface area contributed by atoms with Crippen LogP contribution in [0.4, 0.5) is 18.9 Å². The predicted molar refractivity (Wildman–Crippen MR) is 81.2 cm³/mol. The van der Waals surface area contributed by atoms with E-state index < -0.39 is 17.7 Å². The molecule has 5 nitrogen and oxygen atoms in total. The van der Waals surface area contributed by atoms with Gasteiger partial charge in [0.2, 0.25) is 0 Å². The molecule has 0 aliphatic rings. The van der Waals surface area contributed by atoms with Gasteiger partial charge in [0.05, 0.1) is 29.6 Å². The molecule has 0 amide bonds. The molecule has 2 rings (SSSR count). The molecular weight excluding hydrogens is 325 g/mol. The van der Waals surface area contributed by atoms with Crippen molar-refractivity contribution in [2.75, 3.05) is 18.5 Å². The smallest absolute Gasteiger partial charge is 0.416 e. The number of rotatable bonds is 7. The SMILES string of the molecule is O=C(O)c1ccncc1NCCCOc1cccc(C(F)(F)F)c1. The molecule has 2 aromatic rings. The number of hydrogen-bond acceptors (Lipinski definition) is 4. The Morgan fingerprint density at radius 1 is 1.29 bits per heavy atom. The van der Waals surface area contributed by atoms with Crippen molar-refractivity contribution in [2.24, 2.45) is 0 Å². The minimum absolute atomic E-state index is 0.101. The zero-order valence-corrected chi connectivity index (χ0v) is 12.5. The molecule has 8 heteroatoms. The maximum Gasteiger partial charge on any atom is 0.416 e. The van der Waals surface area contributed by atoms with Gasteiger partial charge in [0.25, 0.3) is 0 Å². The van der Waals surface area contributed by atoms with Gasteiger partial charge in [0, 0.05) is 12.7 Å². The highest BCUT2D eigenvalue weighted by Crippen LogP contribution is 2.31. The molecule has 2 N–H and O–H groups in total. The van der Waals surface area contributed by atoms with E-state index in [2.05, 4.69) is 10.3 Å². The van der Waals surface area contributed by atoms with Gasteiger partial charge in [-0.05, 0) is 30.7 Å². The Hall–Kier alpha value is -2.77. The Morgan fingerprint density at radius 2 is 2.08 bits per heavy atom. The topological polar surface area (TPSA) is 71.5 Å². The fourth-order valence-electron chi connectivity index (χ4n) is 1.97. The molecule has 0 bridgehead atoms. The number of nitrogens with one attached hydrogen (secondary N) is 1. The number of halogens is 3. The second-order valence-electron chi connectivity index (χ2n) is 4.88. The Balaban J connectivity index is 1.81. The molecule has 0 spiro atoms. The van der Waals surface area contributed by atoms with Crippen molar-refractivity contribution in [3.05, 3.63) is 53.9 Å². The molecule has 1 aromatic heterocycles. The van der Waals surface area contributed by atoms with Gasteiger partial charge in [-0.25, -0.2) is 4.79 Å². The first-order valence-corrected chi connectivity index (χ1v) is 7.09. The third-order valence-electron chi connectivity index (χ3n) is 3.12. The van der Waals surface area contributed by atoms with Crippen molar-refractivity contribution >= 4 is 11.7 Å². The van der Waals surface area contributed by atoms with Gasteiger partial charge in [0.15, 0.2) is 0 Å². The zero-order valence-electron chi connectivity index (χ0n) is 12.5. The summed E-state index contributed by atoms with van der Waals surface area (Å²) in [5, 5.41) is 11.9. The second kappa shape index (κ2) is 7.67. The van der Waals surface area contributed by atoms with Crippen molar-refractivity contribution in [3.63, 3.8) is 0 Å². The molecule has 0 unspecified atom stereocenters. The lowest BCUT2D eigenvalue weighted by atomic mass is 10.2. The average molecular weight is 340 g/mol. The van der Waals surface area contributed by atoms with E-state index in [1.54, 1.807) is 0 Å². The summed E-state index contributed by atoms with van der Waals surface area (Å²) in [5.74, 6) is -0.933. The molecule has 1 heterocycles. The van der Waals surface area contributed by atoms with Gasteiger partial charge in [-0.2, -0.15) is 13.2 Å². The lowest BCUT2D eigenvalue weighted by molar-refractivity contribution is -0.137. The minimum Gasteiger partial charge on any atom is -0.494 e. The molecule has 0 radical (unpaired) electrons. The number of carboxylic acids is 1. The Morgan fingerprint density at radius 3 is 2.79 bits per heavy atom. The highest BCUT2D eigenvalue weighted by molar-refractivity contribution is 5.93. The number of benzene rings is 1. The van der Waals surface area contributed by atoms with Crippen LogP contribution in [0.2, 0.25) is 0 Å². The summed E-state index contributed by atoms with van der Waals surface area (Å²) < 4.78 is 43.0. The number of ether oxygens (including phenoxy) is 1. The van der Waals surface area contributed by atoms with Crippen molar-refractivity contribution in [1.29, 1.82) is 0 Å². The van der Waals surface area contributed by atoms with Crippen LogP contribution in [-0.4, -0.2) is 29.2 Å². The van der Waals surface area contributed by atoms with Gasteiger partial charge in [-0.15, -0.1) is 0 Å². The van der Waals surface area contributed by atoms with E-state index in [9.17, 15) is 18.0 Å². The van der Waals surface area contributed by atoms with Crippen LogP contribution in [0.1, 0.15) is 22.3 Å². The van der Waals surface area contributed by atoms with Crippen molar-refractivity contribution in [2.45, 2.75) is 12.6 Å². The van der Waals surface area contributed by atoms with Crippen LogP contribution in [-0.2, 0) is 6.18 Å². The van der Waals surface area contributed by atoms with E-state index in [0.29, 0.717) is 18.7 Å². The molecule has 128 valence electrons. The third-order valence-corrected chi connectivity index (χ3v) is 3.12. The molecule has 0 atom stereocenters. The maximum absolute atomic E-state index is 12.6. The maximum atomic E-state index is 12.6. The summed E-state index contributed by atoms with van der Waals surface area (Å²) >= 11 is 0. The molecule has 0 fully saturated rings. The van der Waals surface area contributed by atoms with Gasteiger partial charge in [0.1, 0.15) is 5.75 Å². The number of carboxylic acid groups (broad SMARTS) is 1. The lowest BCUT2D eigenvalue weighted by Gasteiger charge is -2.11. The zero-order chi connectivity index (χ0) is 17.6. The first-order chi connectivity index (χ1) is 11.4. The third kappa shape index (κ3) is 4.87. The normalized spacial score (nSPS) is 11.1. The Bertz CT molecular complexity index is 705. The summed E-state index contributed by atoms with van der Waals surface area (Å²) in [6.45, 7) is 0.585. The standard InChI is InChI=1S/C16H15F3N2O3/c17-16(18,19)11-3-1-4-12(9-11)24-8-2-6-21-14-10-20-7-5-13(14)15(22)23/h1,3-5,7,9-10,21H,2,6,8H2,(H,22,23). The van der Waals surface area contributed by atoms with E-state index in [-0.39, 0.29) is 17.9 Å². The van der Waals surface area contributed by atoms with Gasteiger partial charge < -0.3 is 15.2 Å². The molecule has 0 saturated heterocycles. The van der Waals surface area contributed by atoms with Gasteiger partial charge in [-0.3, -0.25) is 4.98 Å². The van der Waals surface area contributed by atoms with Crippen molar-refractivity contribution < 1.29 is 27.8 Å². The fourth-order valence-corrected chi connectivity index (χ4v) is 1.97. The molecule has 0 saturated carbocycles. The number of hydrogen-bond donors (Lipinski definition) is 2. The van der Waals surface area contributed by atoms with Crippen molar-refractivity contribution in [3.8, 4) is 5.75 Å². The van der Waals surface area contributed by atoms with Crippen LogP contribution in [0.5, 0.6) is 5.75 Å². The van der Waals surface area contributed by atoms with Crippen LogP contribution in [0.15, 0.2) is 42.7 Å². The lowest BCUT2D eigenvalue weighted by Crippen LogP contribution is -2.11. The highest BCUT2D eigenvalue weighted by Gasteiger charge is 2.30. The summed E-state index contributed by atoms with van der Waals surface area (Å²) in [4.78, 5) is 14.9. The number of pyridine rings is 1. The predicted octanol–water partition coefficient (Wildman–Crippen LogP) is 3.68. The molecule has 0 aliphatic carbocycles. The van der Waals surface area contributed by atoms with Gasteiger partial charge in [-0.1, -0.05) is 6.07 Å². The minimum atomic E-state index is -4.41. The number of nitrogens with zero attached hydrogens (tertiary/aromatic N) is 1. The first-order valence-electron chi connectivity index (χ1n) is 7.09. The molecule has 1 aromatic carbocycles. The Labute approximate surface area is 136 Å². The molecule has 0 aliphatic heterocycles. The van der Waals surface area contributed by atoms with Crippen molar-refractivity contribution in [1.82, 2.24) is 4.98 Å². The largest absolute Gasteiger partial charge is 0.494 e. The van der Waals surface area contributed by atoms with E-state index in [0.717, 1.165) is 12.1 Å². The summed E-state index contributed by atoms with van der Waals surface area (Å²) in [6, 6.07) is 6.03. The highest BCUT2D eigenvalue weighted by atomic mass is 19.4. The van der Waals surface area contributed by atoms with Crippen LogP contribution in [0.25, 0.3) is 0 Å².